The van der Waals surface area contributed by atoms with E-state index in [9.17, 15) is 8.78 Å². The summed E-state index contributed by atoms with van der Waals surface area (Å²) in [6.45, 7) is 0. The molecule has 3 aromatic rings. The van der Waals surface area contributed by atoms with Crippen molar-refractivity contribution in [2.75, 3.05) is 0 Å². The van der Waals surface area contributed by atoms with E-state index in [2.05, 4.69) is 4.98 Å². The number of para-hydroxylation sites is 1. The molecule has 0 saturated carbocycles. The summed E-state index contributed by atoms with van der Waals surface area (Å²) >= 11 is 1.53. The van der Waals surface area contributed by atoms with Gasteiger partial charge in [-0.1, -0.05) is 12.1 Å². The Bertz CT molecular complexity index is 729. The van der Waals surface area contributed by atoms with E-state index in [0.717, 1.165) is 21.3 Å². The highest BCUT2D eigenvalue weighted by molar-refractivity contribution is 7.19. The van der Waals surface area contributed by atoms with Gasteiger partial charge in [0.05, 0.1) is 10.2 Å². The molecule has 1 aromatic heterocycles. The van der Waals surface area contributed by atoms with Crippen LogP contribution in [-0.2, 0) is 0 Å². The molecule has 3 rings (SSSR count). The van der Waals surface area contributed by atoms with Crippen LogP contribution in [0.4, 0.5) is 8.78 Å². The first kappa shape index (κ1) is 12.0. The zero-order valence-electron chi connectivity index (χ0n) is 9.81. The summed E-state index contributed by atoms with van der Waals surface area (Å²) in [6, 6.07) is 11.3. The lowest BCUT2D eigenvalue weighted by Crippen LogP contribution is -1.83. The third kappa shape index (κ3) is 2.53. The zero-order chi connectivity index (χ0) is 13.2. The molecule has 0 bridgehead atoms. The average Bonchev–Trinajstić information content (AvgIpc) is 2.80. The van der Waals surface area contributed by atoms with E-state index in [1.165, 1.54) is 23.5 Å². The zero-order valence-corrected chi connectivity index (χ0v) is 10.6. The first-order valence-electron chi connectivity index (χ1n) is 5.71. The third-order valence-corrected chi connectivity index (χ3v) is 3.68. The van der Waals surface area contributed by atoms with E-state index < -0.39 is 11.6 Å². The van der Waals surface area contributed by atoms with Crippen molar-refractivity contribution in [2.24, 2.45) is 0 Å². The minimum Gasteiger partial charge on any atom is -0.237 e. The van der Waals surface area contributed by atoms with Crippen LogP contribution in [0.2, 0.25) is 0 Å². The van der Waals surface area contributed by atoms with E-state index in [1.807, 2.05) is 24.3 Å². The van der Waals surface area contributed by atoms with Crippen molar-refractivity contribution in [3.05, 3.63) is 64.7 Å². The maximum Gasteiger partial charge on any atom is 0.133 e. The second-order valence-electron chi connectivity index (χ2n) is 4.02. The van der Waals surface area contributed by atoms with Gasteiger partial charge in [0.15, 0.2) is 0 Å². The standard InChI is InChI=1S/C15H9F2NS/c16-11-7-5-10(12(17)9-11)6-8-15-18-13-3-1-2-4-14(13)19-15/h1-9H/b8-6+. The van der Waals surface area contributed by atoms with Gasteiger partial charge in [-0.2, -0.15) is 0 Å². The number of fused-ring (bicyclic) bond motifs is 1. The first-order chi connectivity index (χ1) is 9.22. The quantitative estimate of drug-likeness (QED) is 0.657. The van der Waals surface area contributed by atoms with Crippen molar-refractivity contribution in [2.45, 2.75) is 0 Å². The Labute approximate surface area is 112 Å². The van der Waals surface area contributed by atoms with Crippen LogP contribution in [0, 0.1) is 11.6 Å². The number of hydrogen-bond acceptors (Lipinski definition) is 2. The molecule has 94 valence electrons. The van der Waals surface area contributed by atoms with Gasteiger partial charge in [0, 0.05) is 11.6 Å². The Hall–Kier alpha value is -2.07. The second kappa shape index (κ2) is 4.90. The first-order valence-corrected chi connectivity index (χ1v) is 6.53. The monoisotopic (exact) mass is 273 g/mol. The van der Waals surface area contributed by atoms with Crippen LogP contribution in [0.1, 0.15) is 10.6 Å². The van der Waals surface area contributed by atoms with Crippen LogP contribution in [0.15, 0.2) is 42.5 Å². The van der Waals surface area contributed by atoms with Gasteiger partial charge in [0.25, 0.3) is 0 Å². The molecule has 0 N–H and O–H groups in total. The summed E-state index contributed by atoms with van der Waals surface area (Å²) in [6.07, 6.45) is 3.34. The van der Waals surface area contributed by atoms with Gasteiger partial charge in [-0.15, -0.1) is 11.3 Å². The van der Waals surface area contributed by atoms with Crippen LogP contribution in [-0.4, -0.2) is 4.98 Å². The molecule has 1 nitrogen and oxygen atoms in total. The highest BCUT2D eigenvalue weighted by Crippen LogP contribution is 2.23. The number of halogens is 2. The third-order valence-electron chi connectivity index (χ3n) is 2.68. The van der Waals surface area contributed by atoms with E-state index in [1.54, 1.807) is 12.2 Å². The molecule has 0 unspecified atom stereocenters. The number of hydrogen-bond donors (Lipinski definition) is 0. The number of aromatic nitrogens is 1. The molecular weight excluding hydrogens is 264 g/mol. The summed E-state index contributed by atoms with van der Waals surface area (Å²) in [5.41, 5.74) is 1.27. The van der Waals surface area contributed by atoms with Crippen LogP contribution in [0.25, 0.3) is 22.4 Å². The number of nitrogens with zero attached hydrogens (tertiary/aromatic N) is 1. The summed E-state index contributed by atoms with van der Waals surface area (Å²) in [5.74, 6) is -1.15. The number of rotatable bonds is 2. The van der Waals surface area contributed by atoms with Gasteiger partial charge >= 0.3 is 0 Å². The van der Waals surface area contributed by atoms with Gasteiger partial charge in [-0.25, -0.2) is 13.8 Å². The summed E-state index contributed by atoms with van der Waals surface area (Å²) in [4.78, 5) is 4.41. The molecule has 0 saturated heterocycles. The van der Waals surface area contributed by atoms with Crippen LogP contribution >= 0.6 is 11.3 Å². The fourth-order valence-electron chi connectivity index (χ4n) is 1.76. The van der Waals surface area contributed by atoms with Crippen molar-refractivity contribution in [1.29, 1.82) is 0 Å². The van der Waals surface area contributed by atoms with Gasteiger partial charge < -0.3 is 0 Å². The fraction of sp³-hybridized carbons (Fsp3) is 0. The van der Waals surface area contributed by atoms with Crippen molar-refractivity contribution in [3.8, 4) is 0 Å². The van der Waals surface area contributed by atoms with Crippen LogP contribution in [0.5, 0.6) is 0 Å². The van der Waals surface area contributed by atoms with Gasteiger partial charge in [-0.05, 0) is 36.4 Å². The molecule has 0 radical (unpaired) electrons. The van der Waals surface area contributed by atoms with E-state index in [-0.39, 0.29) is 0 Å². The lowest BCUT2D eigenvalue weighted by atomic mass is 10.2. The summed E-state index contributed by atoms with van der Waals surface area (Å²) in [7, 11) is 0. The molecule has 1 heterocycles. The van der Waals surface area contributed by atoms with Crippen molar-refractivity contribution < 1.29 is 8.78 Å². The van der Waals surface area contributed by atoms with E-state index >= 15 is 0 Å². The largest absolute Gasteiger partial charge is 0.237 e. The van der Waals surface area contributed by atoms with E-state index in [0.29, 0.717) is 5.56 Å². The van der Waals surface area contributed by atoms with Gasteiger partial charge in [-0.3, -0.25) is 0 Å². The second-order valence-corrected chi connectivity index (χ2v) is 5.08. The van der Waals surface area contributed by atoms with Gasteiger partial charge in [0.1, 0.15) is 16.6 Å². The Kier molecular flexibility index (Phi) is 3.09. The van der Waals surface area contributed by atoms with Crippen molar-refractivity contribution in [1.82, 2.24) is 4.98 Å². The van der Waals surface area contributed by atoms with Crippen molar-refractivity contribution >= 4 is 33.7 Å². The minimum absolute atomic E-state index is 0.348. The molecule has 2 aromatic carbocycles. The SMILES string of the molecule is Fc1ccc(/C=C/c2nc3ccccc3s2)c(F)c1. The maximum absolute atomic E-state index is 13.4. The normalized spacial score (nSPS) is 11.5. The molecule has 0 atom stereocenters. The summed E-state index contributed by atoms with van der Waals surface area (Å²) < 4.78 is 27.3. The molecule has 0 aliphatic carbocycles. The Balaban J connectivity index is 1.93. The van der Waals surface area contributed by atoms with Gasteiger partial charge in [0.2, 0.25) is 0 Å². The van der Waals surface area contributed by atoms with E-state index in [4.69, 9.17) is 0 Å². The number of benzene rings is 2. The molecule has 4 heteroatoms. The Morgan fingerprint density at radius 3 is 2.63 bits per heavy atom. The van der Waals surface area contributed by atoms with Crippen LogP contribution in [0.3, 0.4) is 0 Å². The highest BCUT2D eigenvalue weighted by atomic mass is 32.1. The lowest BCUT2D eigenvalue weighted by Gasteiger charge is -1.95. The maximum atomic E-state index is 13.4. The predicted octanol–water partition coefficient (Wildman–Crippen LogP) is 4.74. The lowest BCUT2D eigenvalue weighted by molar-refractivity contribution is 0.581. The number of thiazole rings is 1. The molecular formula is C15H9F2NS. The predicted molar refractivity (Wildman–Crippen MR) is 74.9 cm³/mol. The molecule has 0 aliphatic rings. The highest BCUT2D eigenvalue weighted by Gasteiger charge is 2.02. The topological polar surface area (TPSA) is 12.9 Å². The molecule has 0 fully saturated rings. The minimum atomic E-state index is -0.574. The fourth-order valence-corrected chi connectivity index (χ4v) is 2.63. The molecule has 0 aliphatic heterocycles. The molecule has 19 heavy (non-hydrogen) atoms. The van der Waals surface area contributed by atoms with Crippen molar-refractivity contribution in [3.63, 3.8) is 0 Å². The average molecular weight is 273 g/mol. The summed E-state index contributed by atoms with van der Waals surface area (Å²) in [5, 5.41) is 0.796. The van der Waals surface area contributed by atoms with Crippen LogP contribution < -0.4 is 0 Å². The Morgan fingerprint density at radius 2 is 1.84 bits per heavy atom. The molecule has 0 amide bonds. The molecule has 0 spiro atoms. The smallest absolute Gasteiger partial charge is 0.133 e. The Morgan fingerprint density at radius 1 is 1.00 bits per heavy atom.